The van der Waals surface area contributed by atoms with Gasteiger partial charge in [0, 0.05) is 31.4 Å². The summed E-state index contributed by atoms with van der Waals surface area (Å²) in [6.45, 7) is 14.5. The zero-order chi connectivity index (χ0) is 17.0. The van der Waals surface area contributed by atoms with E-state index in [1.807, 2.05) is 10.9 Å². The Morgan fingerprint density at radius 1 is 1.09 bits per heavy atom. The molecule has 2 aromatic rings. The van der Waals surface area contributed by atoms with Crippen molar-refractivity contribution in [3.05, 3.63) is 51.8 Å². The fourth-order valence-corrected chi connectivity index (χ4v) is 3.18. The van der Waals surface area contributed by atoms with Crippen LogP contribution in [0.5, 0.6) is 0 Å². The van der Waals surface area contributed by atoms with Gasteiger partial charge in [0.05, 0.1) is 12.8 Å². The summed E-state index contributed by atoms with van der Waals surface area (Å²) >= 11 is 0. The van der Waals surface area contributed by atoms with Crippen LogP contribution >= 0.6 is 0 Å². The summed E-state index contributed by atoms with van der Waals surface area (Å²) in [5.41, 5.74) is 7.37. The second kappa shape index (κ2) is 7.75. The second-order valence-corrected chi connectivity index (χ2v) is 6.26. The lowest BCUT2D eigenvalue weighted by Crippen LogP contribution is -2.23. The molecule has 1 N–H and O–H groups in total. The van der Waals surface area contributed by atoms with Gasteiger partial charge in [-0.05, 0) is 62.1 Å². The van der Waals surface area contributed by atoms with Crippen molar-refractivity contribution in [2.75, 3.05) is 6.54 Å². The van der Waals surface area contributed by atoms with Crippen LogP contribution in [0.25, 0.3) is 0 Å². The van der Waals surface area contributed by atoms with Crippen molar-refractivity contribution in [3.8, 4) is 0 Å². The molecule has 0 aliphatic heterocycles. The maximum atomic E-state index is 9.65. The molecule has 0 aliphatic rings. The van der Waals surface area contributed by atoms with E-state index in [1.54, 1.807) is 0 Å². The van der Waals surface area contributed by atoms with Crippen LogP contribution in [0.4, 0.5) is 0 Å². The van der Waals surface area contributed by atoms with Crippen LogP contribution in [-0.4, -0.2) is 26.3 Å². The number of hydrogen-bond acceptors (Lipinski definition) is 3. The van der Waals surface area contributed by atoms with Crippen LogP contribution in [0.3, 0.4) is 0 Å². The summed E-state index contributed by atoms with van der Waals surface area (Å²) in [6, 6.07) is 2.19. The Hall–Kier alpha value is -1.65. The number of nitrogens with zero attached hydrogens (tertiary/aromatic N) is 3. The second-order valence-electron chi connectivity index (χ2n) is 6.26. The lowest BCUT2D eigenvalue weighted by Gasteiger charge is -2.24. The molecule has 0 amide bonds. The van der Waals surface area contributed by atoms with E-state index in [2.05, 4.69) is 56.9 Å². The average Bonchev–Trinajstić information content (AvgIpc) is 2.98. The quantitative estimate of drug-likeness (QED) is 0.852. The van der Waals surface area contributed by atoms with Crippen molar-refractivity contribution in [2.24, 2.45) is 0 Å². The molecular weight excluding hydrogens is 286 g/mol. The maximum Gasteiger partial charge on any atom is 0.0687 e. The summed E-state index contributed by atoms with van der Waals surface area (Å²) in [5, 5.41) is 14.0. The van der Waals surface area contributed by atoms with Crippen LogP contribution in [-0.2, 0) is 26.2 Å². The molecule has 0 atom stereocenters. The molecular formula is C19H29N3O. The van der Waals surface area contributed by atoms with Crippen molar-refractivity contribution in [2.45, 2.75) is 60.9 Å². The van der Waals surface area contributed by atoms with Gasteiger partial charge < -0.3 is 5.11 Å². The molecule has 1 aromatic carbocycles. The monoisotopic (exact) mass is 315 g/mol. The highest BCUT2D eigenvalue weighted by atomic mass is 16.3. The van der Waals surface area contributed by atoms with Crippen molar-refractivity contribution < 1.29 is 5.11 Å². The Morgan fingerprint density at radius 3 is 2.35 bits per heavy atom. The van der Waals surface area contributed by atoms with Crippen molar-refractivity contribution >= 4 is 0 Å². The molecule has 0 fully saturated rings. The highest BCUT2D eigenvalue weighted by Crippen LogP contribution is 2.24. The standard InChI is InChI=1S/C19H29N3O/c1-6-21(10-17-9-20-22(7-2)11-17)12-18-14(3)8-15(4)19(13-23)16(18)5/h8-9,11,23H,6-7,10,12-13H2,1-5H3. The summed E-state index contributed by atoms with van der Waals surface area (Å²) in [7, 11) is 0. The van der Waals surface area contributed by atoms with Gasteiger partial charge in [-0.3, -0.25) is 9.58 Å². The lowest BCUT2D eigenvalue weighted by molar-refractivity contribution is 0.267. The Morgan fingerprint density at radius 2 is 1.78 bits per heavy atom. The Balaban J connectivity index is 2.21. The van der Waals surface area contributed by atoms with Crippen molar-refractivity contribution in [1.29, 1.82) is 0 Å². The normalized spacial score (nSPS) is 11.4. The summed E-state index contributed by atoms with van der Waals surface area (Å²) in [5.74, 6) is 0. The van der Waals surface area contributed by atoms with Crippen LogP contribution in [0.2, 0.25) is 0 Å². The van der Waals surface area contributed by atoms with Gasteiger partial charge in [0.15, 0.2) is 0 Å². The van der Waals surface area contributed by atoms with Gasteiger partial charge in [0.25, 0.3) is 0 Å². The molecule has 0 saturated carbocycles. The molecule has 0 saturated heterocycles. The highest BCUT2D eigenvalue weighted by Gasteiger charge is 2.14. The number of rotatable bonds is 7. The molecule has 4 nitrogen and oxygen atoms in total. The summed E-state index contributed by atoms with van der Waals surface area (Å²) in [4.78, 5) is 2.42. The van der Waals surface area contributed by atoms with Gasteiger partial charge in [0.1, 0.15) is 0 Å². The number of hydrogen-bond donors (Lipinski definition) is 1. The predicted octanol–water partition coefficient (Wildman–Crippen LogP) is 3.34. The minimum atomic E-state index is 0.111. The van der Waals surface area contributed by atoms with E-state index in [1.165, 1.54) is 27.8 Å². The zero-order valence-electron chi connectivity index (χ0n) is 15.1. The van der Waals surface area contributed by atoms with Crippen LogP contribution in [0.15, 0.2) is 18.5 Å². The number of aliphatic hydroxyl groups is 1. The van der Waals surface area contributed by atoms with Crippen molar-refractivity contribution in [1.82, 2.24) is 14.7 Å². The molecule has 23 heavy (non-hydrogen) atoms. The fourth-order valence-electron chi connectivity index (χ4n) is 3.18. The number of aromatic nitrogens is 2. The predicted molar refractivity (Wildman–Crippen MR) is 94.3 cm³/mol. The van der Waals surface area contributed by atoms with Gasteiger partial charge in [-0.2, -0.15) is 5.10 Å². The van der Waals surface area contributed by atoms with E-state index in [-0.39, 0.29) is 6.61 Å². The molecule has 0 radical (unpaired) electrons. The van der Waals surface area contributed by atoms with Crippen LogP contribution < -0.4 is 0 Å². The first-order valence-electron chi connectivity index (χ1n) is 8.43. The van der Waals surface area contributed by atoms with Gasteiger partial charge in [-0.1, -0.05) is 13.0 Å². The molecule has 0 bridgehead atoms. The lowest BCUT2D eigenvalue weighted by atomic mass is 9.93. The molecule has 4 heteroatoms. The molecule has 0 aliphatic carbocycles. The number of aryl methyl sites for hydroxylation is 3. The third-order valence-corrected chi connectivity index (χ3v) is 4.69. The van der Waals surface area contributed by atoms with Gasteiger partial charge in [-0.15, -0.1) is 0 Å². The summed E-state index contributed by atoms with van der Waals surface area (Å²) < 4.78 is 1.97. The third kappa shape index (κ3) is 4.01. The maximum absolute atomic E-state index is 9.65. The first-order chi connectivity index (χ1) is 11.0. The molecule has 1 heterocycles. The first kappa shape index (κ1) is 17.7. The number of aliphatic hydroxyl groups excluding tert-OH is 1. The Bertz CT molecular complexity index is 661. The molecule has 2 rings (SSSR count). The third-order valence-electron chi connectivity index (χ3n) is 4.69. The first-order valence-corrected chi connectivity index (χ1v) is 8.43. The molecule has 1 aromatic heterocycles. The number of benzene rings is 1. The van der Waals surface area contributed by atoms with E-state index in [9.17, 15) is 5.11 Å². The minimum Gasteiger partial charge on any atom is -0.392 e. The topological polar surface area (TPSA) is 41.3 Å². The van der Waals surface area contributed by atoms with E-state index in [4.69, 9.17) is 0 Å². The Labute approximate surface area is 139 Å². The molecule has 0 unspecified atom stereocenters. The largest absolute Gasteiger partial charge is 0.392 e. The fraction of sp³-hybridized carbons (Fsp3) is 0.526. The summed E-state index contributed by atoms with van der Waals surface area (Å²) in [6.07, 6.45) is 4.08. The molecule has 126 valence electrons. The SMILES string of the molecule is CCN(Cc1cnn(CC)c1)Cc1c(C)cc(C)c(CO)c1C. The van der Waals surface area contributed by atoms with Crippen LogP contribution in [0, 0.1) is 20.8 Å². The van der Waals surface area contributed by atoms with E-state index >= 15 is 0 Å². The van der Waals surface area contributed by atoms with Gasteiger partial charge >= 0.3 is 0 Å². The Kier molecular flexibility index (Phi) is 5.97. The van der Waals surface area contributed by atoms with Gasteiger partial charge in [-0.25, -0.2) is 0 Å². The van der Waals surface area contributed by atoms with E-state index < -0.39 is 0 Å². The molecule has 0 spiro atoms. The van der Waals surface area contributed by atoms with E-state index in [0.29, 0.717) is 0 Å². The minimum absolute atomic E-state index is 0.111. The smallest absolute Gasteiger partial charge is 0.0687 e. The zero-order valence-corrected chi connectivity index (χ0v) is 15.1. The van der Waals surface area contributed by atoms with E-state index in [0.717, 1.165) is 31.7 Å². The average molecular weight is 315 g/mol. The van der Waals surface area contributed by atoms with Crippen LogP contribution in [0.1, 0.15) is 47.2 Å². The highest BCUT2D eigenvalue weighted by molar-refractivity contribution is 5.44. The van der Waals surface area contributed by atoms with Crippen molar-refractivity contribution in [3.63, 3.8) is 0 Å². The van der Waals surface area contributed by atoms with Gasteiger partial charge in [0.2, 0.25) is 0 Å².